The number of nitrogens with zero attached hydrogens (tertiary/aromatic N) is 2. The third-order valence-electron chi connectivity index (χ3n) is 5.17. The Morgan fingerprint density at radius 1 is 1.58 bits per heavy atom. The molecule has 0 radical (unpaired) electrons. The number of nitrogens with one attached hydrogen (secondary N) is 1. The van der Waals surface area contributed by atoms with E-state index >= 15 is 0 Å². The van der Waals surface area contributed by atoms with Crippen LogP contribution in [0.3, 0.4) is 0 Å². The molecule has 3 heterocycles. The minimum atomic E-state index is -0.304. The summed E-state index contributed by atoms with van der Waals surface area (Å²) in [5.74, 6) is -0.421. The summed E-state index contributed by atoms with van der Waals surface area (Å²) in [6.45, 7) is 2.53. The van der Waals surface area contributed by atoms with Crippen molar-refractivity contribution in [2.24, 2.45) is 0 Å². The van der Waals surface area contributed by atoms with Gasteiger partial charge in [-0.15, -0.1) is 0 Å². The van der Waals surface area contributed by atoms with Crippen LogP contribution in [0.1, 0.15) is 19.3 Å². The van der Waals surface area contributed by atoms with Crippen LogP contribution >= 0.6 is 11.3 Å². The van der Waals surface area contributed by atoms with Crippen LogP contribution in [0.5, 0.6) is 0 Å². The van der Waals surface area contributed by atoms with Gasteiger partial charge < -0.3 is 14.8 Å². The number of carbonyl (C=O) groups is 1. The van der Waals surface area contributed by atoms with Crippen molar-refractivity contribution in [1.29, 1.82) is 0 Å². The standard InChI is InChI=1S/C18H22FN3O3S/c1-24-15-5-7-22(11-18(15)6-2-8-25-18)10-16(23)21-17-20-13-4-3-12(19)9-14(13)26-17/h3-4,9,15H,2,5-8,10-11H2,1H3,(H,20,21,23)/t15-,18-/m1/s1. The van der Waals surface area contributed by atoms with Gasteiger partial charge in [-0.05, 0) is 37.5 Å². The van der Waals surface area contributed by atoms with Gasteiger partial charge in [0.25, 0.3) is 0 Å². The van der Waals surface area contributed by atoms with Crippen LogP contribution in [0.4, 0.5) is 9.52 Å². The number of piperidine rings is 1. The van der Waals surface area contributed by atoms with Crippen molar-refractivity contribution in [3.05, 3.63) is 24.0 Å². The van der Waals surface area contributed by atoms with E-state index < -0.39 is 0 Å². The zero-order valence-corrected chi connectivity index (χ0v) is 15.5. The highest BCUT2D eigenvalue weighted by Gasteiger charge is 2.47. The number of amides is 1. The molecular weight excluding hydrogens is 357 g/mol. The Morgan fingerprint density at radius 2 is 2.46 bits per heavy atom. The first-order valence-corrected chi connectivity index (χ1v) is 9.65. The first-order valence-electron chi connectivity index (χ1n) is 8.83. The average Bonchev–Trinajstić information content (AvgIpc) is 3.21. The molecule has 2 fully saturated rings. The lowest BCUT2D eigenvalue weighted by molar-refractivity contribution is -0.146. The van der Waals surface area contributed by atoms with E-state index in [1.807, 2.05) is 0 Å². The molecule has 1 aromatic carbocycles. The first-order chi connectivity index (χ1) is 12.6. The number of ether oxygens (including phenoxy) is 2. The van der Waals surface area contributed by atoms with Crippen LogP contribution in [0.2, 0.25) is 0 Å². The summed E-state index contributed by atoms with van der Waals surface area (Å²) < 4.78 is 25.7. The van der Waals surface area contributed by atoms with Gasteiger partial charge in [0.15, 0.2) is 5.13 Å². The highest BCUT2D eigenvalue weighted by atomic mass is 32.1. The van der Waals surface area contributed by atoms with Crippen molar-refractivity contribution in [3.8, 4) is 0 Å². The molecule has 2 atom stereocenters. The molecule has 6 nitrogen and oxygen atoms in total. The molecule has 0 saturated carbocycles. The van der Waals surface area contributed by atoms with Crippen LogP contribution < -0.4 is 5.32 Å². The zero-order chi connectivity index (χ0) is 18.1. The van der Waals surface area contributed by atoms with Gasteiger partial charge in [-0.2, -0.15) is 0 Å². The summed E-state index contributed by atoms with van der Waals surface area (Å²) in [6.07, 6.45) is 2.93. The van der Waals surface area contributed by atoms with Gasteiger partial charge in [0.1, 0.15) is 11.4 Å². The number of rotatable bonds is 4. The molecule has 1 spiro atoms. The highest BCUT2D eigenvalue weighted by molar-refractivity contribution is 7.22. The second kappa shape index (κ2) is 7.19. The van der Waals surface area contributed by atoms with E-state index in [9.17, 15) is 9.18 Å². The number of thiazole rings is 1. The Labute approximate surface area is 155 Å². The maximum absolute atomic E-state index is 13.3. The number of aromatic nitrogens is 1. The summed E-state index contributed by atoms with van der Waals surface area (Å²) in [6, 6.07) is 4.42. The number of likely N-dealkylation sites (tertiary alicyclic amines) is 1. The number of fused-ring (bicyclic) bond motifs is 1. The second-order valence-electron chi connectivity index (χ2n) is 6.92. The van der Waals surface area contributed by atoms with Gasteiger partial charge in [0.05, 0.1) is 22.9 Å². The van der Waals surface area contributed by atoms with Crippen molar-refractivity contribution in [2.45, 2.75) is 31.0 Å². The van der Waals surface area contributed by atoms with Crippen LogP contribution in [-0.4, -0.2) is 60.8 Å². The molecule has 1 aromatic heterocycles. The van der Waals surface area contributed by atoms with Gasteiger partial charge in [0.2, 0.25) is 5.91 Å². The van der Waals surface area contributed by atoms with E-state index in [0.29, 0.717) is 17.2 Å². The zero-order valence-electron chi connectivity index (χ0n) is 14.7. The molecule has 2 saturated heterocycles. The van der Waals surface area contributed by atoms with Crippen molar-refractivity contribution in [3.63, 3.8) is 0 Å². The fourth-order valence-corrected chi connectivity index (χ4v) is 4.91. The lowest BCUT2D eigenvalue weighted by Gasteiger charge is -2.44. The van der Waals surface area contributed by atoms with E-state index in [-0.39, 0.29) is 30.0 Å². The first kappa shape index (κ1) is 17.8. The fourth-order valence-electron chi connectivity index (χ4n) is 4.00. The van der Waals surface area contributed by atoms with Crippen molar-refractivity contribution >= 4 is 32.6 Å². The normalized spacial score (nSPS) is 26.6. The number of methoxy groups -OCH3 is 1. The maximum atomic E-state index is 13.3. The summed E-state index contributed by atoms with van der Waals surface area (Å²) in [5, 5.41) is 3.33. The average molecular weight is 379 g/mol. The van der Waals surface area contributed by atoms with E-state index in [1.165, 1.54) is 23.5 Å². The Kier molecular flexibility index (Phi) is 4.92. The lowest BCUT2D eigenvalue weighted by atomic mass is 9.87. The maximum Gasteiger partial charge on any atom is 0.240 e. The molecule has 2 aromatic rings. The SMILES string of the molecule is CO[C@@H]1CCN(CC(=O)Nc2nc3ccc(F)cc3s2)C[C@]12CCCO2. The second-order valence-corrected chi connectivity index (χ2v) is 7.95. The molecule has 8 heteroatoms. The number of anilines is 1. The predicted molar refractivity (Wildman–Crippen MR) is 98.0 cm³/mol. The third kappa shape index (κ3) is 3.46. The monoisotopic (exact) mass is 379 g/mol. The molecule has 1 N–H and O–H groups in total. The molecule has 2 aliphatic heterocycles. The quantitative estimate of drug-likeness (QED) is 0.885. The van der Waals surface area contributed by atoms with Crippen LogP contribution in [-0.2, 0) is 14.3 Å². The molecule has 0 unspecified atom stereocenters. The van der Waals surface area contributed by atoms with Gasteiger partial charge >= 0.3 is 0 Å². The minimum absolute atomic E-state index is 0.0865. The number of halogens is 1. The lowest BCUT2D eigenvalue weighted by Crippen LogP contribution is -2.58. The molecular formula is C18H22FN3O3S. The number of carbonyl (C=O) groups excluding carboxylic acids is 1. The van der Waals surface area contributed by atoms with Gasteiger partial charge in [0, 0.05) is 26.8 Å². The Bertz CT molecular complexity index is 806. The Hall–Kier alpha value is -1.61. The summed E-state index contributed by atoms with van der Waals surface area (Å²) in [5.41, 5.74) is 0.395. The molecule has 2 aliphatic rings. The largest absolute Gasteiger partial charge is 0.378 e. The molecule has 0 aliphatic carbocycles. The van der Waals surface area contributed by atoms with Crippen molar-refractivity contribution < 1.29 is 18.7 Å². The van der Waals surface area contributed by atoms with Gasteiger partial charge in [-0.25, -0.2) is 9.37 Å². The fraction of sp³-hybridized carbons (Fsp3) is 0.556. The molecule has 4 rings (SSSR count). The topological polar surface area (TPSA) is 63.7 Å². The van der Waals surface area contributed by atoms with E-state index in [2.05, 4.69) is 15.2 Å². The number of hydrogen-bond donors (Lipinski definition) is 1. The smallest absolute Gasteiger partial charge is 0.240 e. The predicted octanol–water partition coefficient (Wildman–Crippen LogP) is 2.64. The third-order valence-corrected chi connectivity index (χ3v) is 6.10. The molecule has 140 valence electrons. The van der Waals surface area contributed by atoms with Gasteiger partial charge in [-0.3, -0.25) is 9.69 Å². The van der Waals surface area contributed by atoms with Crippen LogP contribution in [0, 0.1) is 5.82 Å². The van der Waals surface area contributed by atoms with Crippen molar-refractivity contribution in [1.82, 2.24) is 9.88 Å². The Balaban J connectivity index is 1.39. The van der Waals surface area contributed by atoms with Crippen LogP contribution in [0.25, 0.3) is 10.2 Å². The summed E-state index contributed by atoms with van der Waals surface area (Å²) in [4.78, 5) is 18.9. The molecule has 1 amide bonds. The van der Waals surface area contributed by atoms with E-state index in [4.69, 9.17) is 9.47 Å². The Morgan fingerprint density at radius 3 is 3.23 bits per heavy atom. The summed E-state index contributed by atoms with van der Waals surface area (Å²) in [7, 11) is 1.73. The minimum Gasteiger partial charge on any atom is -0.378 e. The van der Waals surface area contributed by atoms with Crippen molar-refractivity contribution in [2.75, 3.05) is 38.7 Å². The van der Waals surface area contributed by atoms with Gasteiger partial charge in [-0.1, -0.05) is 11.3 Å². The highest BCUT2D eigenvalue weighted by Crippen LogP contribution is 2.36. The summed E-state index contributed by atoms with van der Waals surface area (Å²) >= 11 is 1.28. The number of hydrogen-bond acceptors (Lipinski definition) is 6. The van der Waals surface area contributed by atoms with E-state index in [1.54, 1.807) is 13.2 Å². The van der Waals surface area contributed by atoms with E-state index in [0.717, 1.165) is 37.1 Å². The van der Waals surface area contributed by atoms with Crippen LogP contribution in [0.15, 0.2) is 18.2 Å². The molecule has 0 bridgehead atoms. The molecule has 26 heavy (non-hydrogen) atoms. The number of benzene rings is 1.